The van der Waals surface area contributed by atoms with E-state index in [2.05, 4.69) is 10.1 Å². The summed E-state index contributed by atoms with van der Waals surface area (Å²) < 4.78 is 4.56. The molecule has 1 N–H and O–H groups in total. The van der Waals surface area contributed by atoms with Crippen molar-refractivity contribution in [3.05, 3.63) is 29.8 Å². The Hall–Kier alpha value is -2.55. The summed E-state index contributed by atoms with van der Waals surface area (Å²) in [5.74, 6) is -0.486. The number of hydrogen-bond acceptors (Lipinski definition) is 4. The maximum Gasteiger partial charge on any atom is 0.325 e. The Morgan fingerprint density at radius 1 is 1.45 bits per heavy atom. The Kier molecular flexibility index (Phi) is 5.54. The summed E-state index contributed by atoms with van der Waals surface area (Å²) >= 11 is 0. The molecule has 0 radical (unpaired) electrons. The van der Waals surface area contributed by atoms with Gasteiger partial charge in [-0.1, -0.05) is 6.07 Å². The summed E-state index contributed by atoms with van der Waals surface area (Å²) in [4.78, 5) is 24.8. The zero-order chi connectivity index (χ0) is 15.1. The van der Waals surface area contributed by atoms with Crippen LogP contribution in [0.15, 0.2) is 24.3 Å². The largest absolute Gasteiger partial charge is 0.468 e. The first-order valence-electron chi connectivity index (χ1n) is 6.12. The normalized spacial score (nSPS) is 9.75. The minimum atomic E-state index is -0.486. The van der Waals surface area contributed by atoms with Crippen LogP contribution in [0.5, 0.6) is 0 Å². The number of esters is 1. The summed E-state index contributed by atoms with van der Waals surface area (Å²) in [7, 11) is 1.27. The number of rotatable bonds is 4. The number of urea groups is 1. The predicted molar refractivity (Wildman–Crippen MR) is 74.0 cm³/mol. The highest BCUT2D eigenvalue weighted by atomic mass is 16.5. The van der Waals surface area contributed by atoms with Crippen molar-refractivity contribution < 1.29 is 14.3 Å². The van der Waals surface area contributed by atoms with Crippen LogP contribution in [0.4, 0.5) is 10.5 Å². The third kappa shape index (κ3) is 4.28. The SMILES string of the molecule is COC(=O)CN(C(=O)Nc1cccc(C#N)c1)C(C)C. The Morgan fingerprint density at radius 3 is 2.70 bits per heavy atom. The first-order chi connectivity index (χ1) is 9.47. The molecule has 6 nitrogen and oxygen atoms in total. The second-order valence-corrected chi connectivity index (χ2v) is 4.42. The number of hydrogen-bond donors (Lipinski definition) is 1. The number of ether oxygens (including phenoxy) is 1. The molecule has 106 valence electrons. The van der Waals surface area contributed by atoms with Crippen molar-refractivity contribution in [2.75, 3.05) is 19.0 Å². The zero-order valence-electron chi connectivity index (χ0n) is 11.7. The van der Waals surface area contributed by atoms with Gasteiger partial charge in [-0.15, -0.1) is 0 Å². The summed E-state index contributed by atoms with van der Waals surface area (Å²) in [5.41, 5.74) is 0.955. The Morgan fingerprint density at radius 2 is 2.15 bits per heavy atom. The van der Waals surface area contributed by atoms with E-state index in [0.717, 1.165) is 0 Å². The lowest BCUT2D eigenvalue weighted by molar-refractivity contribution is -0.141. The van der Waals surface area contributed by atoms with Gasteiger partial charge in [0, 0.05) is 11.7 Å². The minimum Gasteiger partial charge on any atom is -0.468 e. The Bertz CT molecular complexity index is 535. The summed E-state index contributed by atoms with van der Waals surface area (Å²) in [5, 5.41) is 11.5. The van der Waals surface area contributed by atoms with Gasteiger partial charge in [-0.2, -0.15) is 5.26 Å². The van der Waals surface area contributed by atoms with E-state index in [9.17, 15) is 9.59 Å². The number of methoxy groups -OCH3 is 1. The van der Waals surface area contributed by atoms with Crippen molar-refractivity contribution in [3.8, 4) is 6.07 Å². The Balaban J connectivity index is 2.80. The molecule has 0 atom stereocenters. The van der Waals surface area contributed by atoms with Gasteiger partial charge in [0.2, 0.25) is 0 Å². The summed E-state index contributed by atoms with van der Waals surface area (Å²) in [6, 6.07) is 7.98. The number of nitrogens with one attached hydrogen (secondary N) is 1. The third-order valence-corrected chi connectivity index (χ3v) is 2.65. The average molecular weight is 275 g/mol. The molecule has 1 rings (SSSR count). The molecule has 20 heavy (non-hydrogen) atoms. The first kappa shape index (κ1) is 15.5. The highest BCUT2D eigenvalue weighted by Crippen LogP contribution is 2.11. The van der Waals surface area contributed by atoms with E-state index in [1.807, 2.05) is 6.07 Å². The second kappa shape index (κ2) is 7.14. The monoisotopic (exact) mass is 275 g/mol. The number of benzene rings is 1. The molecule has 1 aromatic carbocycles. The number of carbonyl (C=O) groups excluding carboxylic acids is 2. The fourth-order valence-electron chi connectivity index (χ4n) is 1.55. The van der Waals surface area contributed by atoms with Crippen molar-refractivity contribution in [1.29, 1.82) is 5.26 Å². The van der Waals surface area contributed by atoms with Crippen molar-refractivity contribution in [2.24, 2.45) is 0 Å². The van der Waals surface area contributed by atoms with E-state index in [1.165, 1.54) is 12.0 Å². The number of amides is 2. The topological polar surface area (TPSA) is 82.4 Å². The average Bonchev–Trinajstić information content (AvgIpc) is 2.44. The van der Waals surface area contributed by atoms with Crippen LogP contribution < -0.4 is 5.32 Å². The maximum atomic E-state index is 12.1. The molecule has 1 aromatic rings. The number of nitrogens with zero attached hydrogens (tertiary/aromatic N) is 2. The third-order valence-electron chi connectivity index (χ3n) is 2.65. The van der Waals surface area contributed by atoms with Crippen molar-refractivity contribution >= 4 is 17.7 Å². The van der Waals surface area contributed by atoms with Gasteiger partial charge in [-0.3, -0.25) is 4.79 Å². The first-order valence-corrected chi connectivity index (χ1v) is 6.12. The minimum absolute atomic E-state index is 0.127. The van der Waals surface area contributed by atoms with Gasteiger partial charge < -0.3 is 15.0 Å². The molecule has 0 aliphatic heterocycles. The molecule has 0 unspecified atom stereocenters. The van der Waals surface area contributed by atoms with Crippen molar-refractivity contribution in [1.82, 2.24) is 4.90 Å². The number of nitriles is 1. The maximum absolute atomic E-state index is 12.1. The van der Waals surface area contributed by atoms with Crippen molar-refractivity contribution in [2.45, 2.75) is 19.9 Å². The van der Waals surface area contributed by atoms with E-state index >= 15 is 0 Å². The fourth-order valence-corrected chi connectivity index (χ4v) is 1.55. The van der Waals surface area contributed by atoms with Gasteiger partial charge in [-0.25, -0.2) is 4.79 Å². The second-order valence-electron chi connectivity index (χ2n) is 4.42. The molecule has 0 aromatic heterocycles. The quantitative estimate of drug-likeness (QED) is 0.852. The molecular formula is C14H17N3O3. The molecule has 0 saturated carbocycles. The molecular weight excluding hydrogens is 258 g/mol. The van der Waals surface area contributed by atoms with E-state index in [0.29, 0.717) is 11.3 Å². The van der Waals surface area contributed by atoms with Crippen LogP contribution in [0, 0.1) is 11.3 Å². The number of carbonyl (C=O) groups is 2. The summed E-state index contributed by atoms with van der Waals surface area (Å²) in [6.07, 6.45) is 0. The highest BCUT2D eigenvalue weighted by molar-refractivity contribution is 5.91. The van der Waals surface area contributed by atoms with Gasteiger partial charge in [0.25, 0.3) is 0 Å². The molecule has 0 aliphatic rings. The van der Waals surface area contributed by atoms with E-state index < -0.39 is 12.0 Å². The van der Waals surface area contributed by atoms with Crippen LogP contribution in [0.25, 0.3) is 0 Å². The van der Waals surface area contributed by atoms with Gasteiger partial charge in [-0.05, 0) is 32.0 Å². The molecule has 0 saturated heterocycles. The highest BCUT2D eigenvalue weighted by Gasteiger charge is 2.20. The van der Waals surface area contributed by atoms with E-state index in [1.54, 1.807) is 38.1 Å². The molecule has 2 amide bonds. The van der Waals surface area contributed by atoms with Crippen LogP contribution >= 0.6 is 0 Å². The van der Waals surface area contributed by atoms with E-state index in [4.69, 9.17) is 5.26 Å². The van der Waals surface area contributed by atoms with Crippen LogP contribution in [-0.2, 0) is 9.53 Å². The number of anilines is 1. The fraction of sp³-hybridized carbons (Fsp3) is 0.357. The zero-order valence-corrected chi connectivity index (χ0v) is 11.7. The lowest BCUT2D eigenvalue weighted by Crippen LogP contribution is -2.43. The van der Waals surface area contributed by atoms with Crippen LogP contribution in [-0.4, -0.2) is 36.6 Å². The van der Waals surface area contributed by atoms with E-state index in [-0.39, 0.29) is 12.6 Å². The molecule has 0 spiro atoms. The lowest BCUT2D eigenvalue weighted by Gasteiger charge is -2.25. The molecule has 6 heteroatoms. The Labute approximate surface area is 117 Å². The van der Waals surface area contributed by atoms with Gasteiger partial charge in [0.15, 0.2) is 0 Å². The van der Waals surface area contributed by atoms with Gasteiger partial charge >= 0.3 is 12.0 Å². The van der Waals surface area contributed by atoms with Crippen LogP contribution in [0.3, 0.4) is 0 Å². The smallest absolute Gasteiger partial charge is 0.325 e. The molecule has 0 fully saturated rings. The van der Waals surface area contributed by atoms with Gasteiger partial charge in [0.1, 0.15) is 6.54 Å². The van der Waals surface area contributed by atoms with Crippen LogP contribution in [0.2, 0.25) is 0 Å². The summed E-state index contributed by atoms with van der Waals surface area (Å²) in [6.45, 7) is 3.47. The molecule has 0 heterocycles. The predicted octanol–water partition coefficient (Wildman–Crippen LogP) is 1.97. The lowest BCUT2D eigenvalue weighted by atomic mass is 10.2. The standard InChI is InChI=1S/C14H17N3O3/c1-10(2)17(9-13(18)20-3)14(19)16-12-6-4-5-11(7-12)8-15/h4-7,10H,9H2,1-3H3,(H,16,19). The van der Waals surface area contributed by atoms with Crippen LogP contribution in [0.1, 0.15) is 19.4 Å². The van der Waals surface area contributed by atoms with Crippen molar-refractivity contribution in [3.63, 3.8) is 0 Å². The molecule has 0 aliphatic carbocycles. The van der Waals surface area contributed by atoms with Gasteiger partial charge in [0.05, 0.1) is 18.7 Å². The molecule has 0 bridgehead atoms.